The van der Waals surface area contributed by atoms with Gasteiger partial charge in [0.25, 0.3) is 15.7 Å². The Hall–Kier alpha value is -3.20. The van der Waals surface area contributed by atoms with Crippen LogP contribution in [0.25, 0.3) is 0 Å². The fourth-order valence-corrected chi connectivity index (χ4v) is 4.52. The lowest BCUT2D eigenvalue weighted by molar-refractivity contribution is -0.384. The van der Waals surface area contributed by atoms with Gasteiger partial charge in [-0.3, -0.25) is 20.3 Å². The van der Waals surface area contributed by atoms with Gasteiger partial charge in [0, 0.05) is 23.4 Å². The molecule has 0 aromatic heterocycles. The minimum atomic E-state index is -3.95. The van der Waals surface area contributed by atoms with Gasteiger partial charge >= 0.3 is 0 Å². The minimum Gasteiger partial charge on any atom is -0.280 e. The maximum atomic E-state index is 12.5. The van der Waals surface area contributed by atoms with Gasteiger partial charge in [0.2, 0.25) is 0 Å². The van der Waals surface area contributed by atoms with Crippen LogP contribution < -0.4 is 10.1 Å². The van der Waals surface area contributed by atoms with Gasteiger partial charge < -0.3 is 0 Å². The smallest absolute Gasteiger partial charge is 0.280 e. The first-order valence-corrected chi connectivity index (χ1v) is 10.3. The molecule has 0 spiro atoms. The molecule has 4 rings (SSSR count). The van der Waals surface area contributed by atoms with Crippen molar-refractivity contribution in [2.45, 2.75) is 17.7 Å². The summed E-state index contributed by atoms with van der Waals surface area (Å²) in [6, 6.07) is 12.1. The molecule has 2 aliphatic carbocycles. The van der Waals surface area contributed by atoms with Gasteiger partial charge in [-0.05, 0) is 43.0 Å². The zero-order valence-corrected chi connectivity index (χ0v) is 15.6. The second-order valence-corrected chi connectivity index (χ2v) is 8.44. The predicted molar refractivity (Wildman–Crippen MR) is 107 cm³/mol. The van der Waals surface area contributed by atoms with E-state index in [9.17, 15) is 18.5 Å². The molecule has 0 bridgehead atoms. The monoisotopic (exact) mass is 398 g/mol. The van der Waals surface area contributed by atoms with Crippen molar-refractivity contribution < 1.29 is 13.3 Å². The number of benzene rings is 2. The summed E-state index contributed by atoms with van der Waals surface area (Å²) in [6.45, 7) is 0. The van der Waals surface area contributed by atoms with E-state index in [0.717, 1.165) is 24.6 Å². The van der Waals surface area contributed by atoms with E-state index in [1.54, 1.807) is 30.3 Å². The third-order valence-corrected chi connectivity index (χ3v) is 6.36. The molecule has 2 aliphatic rings. The average molecular weight is 398 g/mol. The van der Waals surface area contributed by atoms with E-state index < -0.39 is 14.9 Å². The number of hydrogen-bond acceptors (Lipinski definition) is 6. The Kier molecular flexibility index (Phi) is 4.60. The number of nitrogens with one attached hydrogen (secondary N) is 2. The van der Waals surface area contributed by atoms with E-state index in [1.807, 2.05) is 0 Å². The van der Waals surface area contributed by atoms with Gasteiger partial charge in [0.05, 0.1) is 9.82 Å². The molecular formula is C19H18N4O4S. The van der Waals surface area contributed by atoms with E-state index in [0.29, 0.717) is 17.5 Å². The van der Waals surface area contributed by atoms with Crippen LogP contribution in [0.2, 0.25) is 0 Å². The van der Waals surface area contributed by atoms with Crippen LogP contribution in [-0.2, 0) is 10.0 Å². The summed E-state index contributed by atoms with van der Waals surface area (Å²) in [4.78, 5) is 10.7. The molecule has 28 heavy (non-hydrogen) atoms. The number of para-hydroxylation sites is 1. The zero-order valence-electron chi connectivity index (χ0n) is 14.8. The SMILES string of the molecule is O=[N+]([O-])c1cc(S(=O)(=O)Nc2ccccc2)ccc1N/N=C1/C[C@H]2C=CC[C@H]12. The van der Waals surface area contributed by atoms with Crippen LogP contribution >= 0.6 is 0 Å². The fraction of sp³-hybridized carbons (Fsp3) is 0.211. The fourth-order valence-electron chi connectivity index (χ4n) is 3.44. The van der Waals surface area contributed by atoms with Crippen LogP contribution in [0.4, 0.5) is 17.1 Å². The van der Waals surface area contributed by atoms with Crippen molar-refractivity contribution in [2.75, 3.05) is 10.1 Å². The summed E-state index contributed by atoms with van der Waals surface area (Å²) in [5.41, 5.74) is 3.91. The summed E-state index contributed by atoms with van der Waals surface area (Å²) in [5.74, 6) is 0.897. The molecule has 9 heteroatoms. The van der Waals surface area contributed by atoms with Crippen molar-refractivity contribution in [3.63, 3.8) is 0 Å². The second-order valence-electron chi connectivity index (χ2n) is 6.76. The van der Waals surface area contributed by atoms with Crippen molar-refractivity contribution in [2.24, 2.45) is 16.9 Å². The van der Waals surface area contributed by atoms with E-state index >= 15 is 0 Å². The predicted octanol–water partition coefficient (Wildman–Crippen LogP) is 3.76. The number of nitro benzene ring substituents is 1. The van der Waals surface area contributed by atoms with Crippen LogP contribution in [-0.4, -0.2) is 19.1 Å². The van der Waals surface area contributed by atoms with Gasteiger partial charge in [-0.1, -0.05) is 30.4 Å². The molecule has 2 N–H and O–H groups in total. The highest BCUT2D eigenvalue weighted by atomic mass is 32.2. The number of allylic oxidation sites excluding steroid dienone is 2. The summed E-state index contributed by atoms with van der Waals surface area (Å²) in [7, 11) is -3.95. The summed E-state index contributed by atoms with van der Waals surface area (Å²) in [5, 5.41) is 15.8. The lowest BCUT2D eigenvalue weighted by atomic mass is 9.74. The quantitative estimate of drug-likeness (QED) is 0.437. The largest absolute Gasteiger partial charge is 0.295 e. The maximum Gasteiger partial charge on any atom is 0.295 e. The molecule has 0 saturated heterocycles. The molecule has 0 aliphatic heterocycles. The molecule has 0 radical (unpaired) electrons. The summed E-state index contributed by atoms with van der Waals surface area (Å²) < 4.78 is 27.5. The van der Waals surface area contributed by atoms with Crippen molar-refractivity contribution in [1.29, 1.82) is 0 Å². The van der Waals surface area contributed by atoms with Crippen molar-refractivity contribution in [3.8, 4) is 0 Å². The van der Waals surface area contributed by atoms with Gasteiger partial charge in [-0.2, -0.15) is 5.10 Å². The van der Waals surface area contributed by atoms with Crippen molar-refractivity contribution >= 4 is 32.8 Å². The number of nitrogens with zero attached hydrogens (tertiary/aromatic N) is 2. The van der Waals surface area contributed by atoms with Crippen molar-refractivity contribution in [1.82, 2.24) is 0 Å². The first-order valence-electron chi connectivity index (χ1n) is 8.79. The number of sulfonamides is 1. The molecule has 0 heterocycles. The molecule has 0 unspecified atom stereocenters. The number of nitro groups is 1. The minimum absolute atomic E-state index is 0.158. The van der Waals surface area contributed by atoms with E-state index in [-0.39, 0.29) is 16.3 Å². The Bertz CT molecular complexity index is 1080. The van der Waals surface area contributed by atoms with Gasteiger partial charge in [0.15, 0.2) is 0 Å². The molecule has 2 atom stereocenters. The number of hydrazone groups is 1. The number of hydrogen-bond donors (Lipinski definition) is 2. The Morgan fingerprint density at radius 2 is 1.93 bits per heavy atom. The molecule has 2 aromatic carbocycles. The lowest BCUT2D eigenvalue weighted by Crippen LogP contribution is -2.33. The number of rotatable bonds is 6. The molecule has 0 amide bonds. The lowest BCUT2D eigenvalue weighted by Gasteiger charge is -2.31. The first kappa shape index (κ1) is 18.2. The molecule has 144 valence electrons. The summed E-state index contributed by atoms with van der Waals surface area (Å²) in [6.07, 6.45) is 6.08. The number of anilines is 2. The first-order chi connectivity index (χ1) is 13.4. The van der Waals surface area contributed by atoms with Crippen molar-refractivity contribution in [3.05, 3.63) is 70.8 Å². The van der Waals surface area contributed by atoms with Gasteiger partial charge in [-0.25, -0.2) is 8.42 Å². The Morgan fingerprint density at radius 1 is 1.14 bits per heavy atom. The van der Waals surface area contributed by atoms with E-state index in [2.05, 4.69) is 27.4 Å². The standard InChI is InChI=1S/C19H18N4O4S/c24-23(25)19-12-15(28(26,27)22-14-6-2-1-3-7-14)9-10-17(19)20-21-18-11-13-5-4-8-16(13)18/h1-7,9-10,12-13,16,20,22H,8,11H2/b21-18-/t13-,16+/m1/s1. The van der Waals surface area contributed by atoms with E-state index in [1.165, 1.54) is 12.1 Å². The highest BCUT2D eigenvalue weighted by Crippen LogP contribution is 2.40. The Labute approximate surface area is 162 Å². The second kappa shape index (κ2) is 7.08. The van der Waals surface area contributed by atoms with Gasteiger partial charge in [0.1, 0.15) is 5.69 Å². The molecular weight excluding hydrogens is 380 g/mol. The topological polar surface area (TPSA) is 114 Å². The molecule has 8 nitrogen and oxygen atoms in total. The van der Waals surface area contributed by atoms with Crippen LogP contribution in [0, 0.1) is 22.0 Å². The third kappa shape index (κ3) is 3.48. The molecule has 1 fully saturated rings. The van der Waals surface area contributed by atoms with Crippen LogP contribution in [0.5, 0.6) is 0 Å². The van der Waals surface area contributed by atoms with Crippen LogP contribution in [0.3, 0.4) is 0 Å². The molecule has 1 saturated carbocycles. The highest BCUT2D eigenvalue weighted by molar-refractivity contribution is 7.92. The van der Waals surface area contributed by atoms with E-state index in [4.69, 9.17) is 0 Å². The normalized spacial score (nSPS) is 21.8. The molecule has 2 aromatic rings. The Balaban J connectivity index is 1.57. The summed E-state index contributed by atoms with van der Waals surface area (Å²) >= 11 is 0. The zero-order chi connectivity index (χ0) is 19.7. The third-order valence-electron chi connectivity index (χ3n) is 4.99. The number of fused-ring (bicyclic) bond motifs is 1. The highest BCUT2D eigenvalue weighted by Gasteiger charge is 2.38. The Morgan fingerprint density at radius 3 is 2.64 bits per heavy atom. The maximum absolute atomic E-state index is 12.5. The van der Waals surface area contributed by atoms with Gasteiger partial charge in [-0.15, -0.1) is 0 Å². The van der Waals surface area contributed by atoms with Crippen LogP contribution in [0.15, 0.2) is 70.7 Å². The average Bonchev–Trinajstić information content (AvgIpc) is 3.03. The van der Waals surface area contributed by atoms with Crippen LogP contribution in [0.1, 0.15) is 12.8 Å².